The standard InChI is InChI=1S/C25H28F2N8O2/c1-3-4-16-12-21(33-32-16)29-20-14-22(35-7-5-34(6-8-35)9-10-36)31-25(30-20)37-24-18(26)13-19-17(23(24)27)11-15(2)28-19/h3-4,11-14,28,36H,5-10H2,1-2H3,(H2,29,30,31,32,33)/b4-3-. The number of aliphatic hydroxyl groups excluding tert-OH is 1. The van der Waals surface area contributed by atoms with E-state index in [9.17, 15) is 9.50 Å². The first-order valence-electron chi connectivity index (χ1n) is 12.0. The number of piperazine rings is 1. The number of hydrogen-bond acceptors (Lipinski definition) is 8. The maximum Gasteiger partial charge on any atom is 0.326 e. The molecule has 1 fully saturated rings. The first-order chi connectivity index (χ1) is 17.9. The largest absolute Gasteiger partial charge is 0.418 e. The van der Waals surface area contributed by atoms with Crippen LogP contribution < -0.4 is 15.0 Å². The van der Waals surface area contributed by atoms with E-state index < -0.39 is 17.4 Å². The van der Waals surface area contributed by atoms with E-state index in [1.54, 1.807) is 25.1 Å². The SMILES string of the molecule is C/C=C\c1cc(Nc2cc(N3CCN(CCO)CC3)nc(Oc3c(F)cc4[nH]c(C)cc4c3F)n2)n[nH]1. The van der Waals surface area contributed by atoms with Gasteiger partial charge in [0, 0.05) is 62.0 Å². The van der Waals surface area contributed by atoms with Crippen LogP contribution in [0.15, 0.2) is 30.3 Å². The highest BCUT2D eigenvalue weighted by Gasteiger charge is 2.22. The quantitative estimate of drug-likeness (QED) is 0.282. The Kier molecular flexibility index (Phi) is 7.01. The molecule has 5 rings (SSSR count). The van der Waals surface area contributed by atoms with Gasteiger partial charge >= 0.3 is 6.01 Å². The molecule has 0 aliphatic carbocycles. The lowest BCUT2D eigenvalue weighted by molar-refractivity contribution is 0.188. The molecule has 4 heterocycles. The molecule has 10 nitrogen and oxygen atoms in total. The van der Waals surface area contributed by atoms with Crippen molar-refractivity contribution in [1.29, 1.82) is 0 Å². The van der Waals surface area contributed by atoms with Gasteiger partial charge in [-0.05, 0) is 26.0 Å². The molecule has 4 aromatic rings. The number of rotatable bonds is 8. The minimum absolute atomic E-state index is 0.0978. The number of aliphatic hydroxyl groups is 1. The van der Waals surface area contributed by atoms with E-state index in [-0.39, 0.29) is 18.0 Å². The lowest BCUT2D eigenvalue weighted by atomic mass is 10.2. The van der Waals surface area contributed by atoms with E-state index in [0.29, 0.717) is 48.3 Å². The molecule has 12 heteroatoms. The number of nitrogens with zero attached hydrogens (tertiary/aromatic N) is 5. The normalized spacial score (nSPS) is 14.7. The van der Waals surface area contributed by atoms with Crippen molar-refractivity contribution in [2.75, 3.05) is 49.5 Å². The fraction of sp³-hybridized carbons (Fsp3) is 0.320. The summed E-state index contributed by atoms with van der Waals surface area (Å²) in [5.41, 5.74) is 1.84. The molecule has 0 bridgehead atoms. The van der Waals surface area contributed by atoms with Crippen molar-refractivity contribution in [2.24, 2.45) is 0 Å². The van der Waals surface area contributed by atoms with Crippen LogP contribution >= 0.6 is 0 Å². The summed E-state index contributed by atoms with van der Waals surface area (Å²) >= 11 is 0. The second-order valence-corrected chi connectivity index (χ2v) is 8.80. The van der Waals surface area contributed by atoms with Crippen molar-refractivity contribution in [2.45, 2.75) is 13.8 Å². The number of aryl methyl sites for hydroxylation is 1. The van der Waals surface area contributed by atoms with E-state index >= 15 is 4.39 Å². The number of allylic oxidation sites excluding steroid dienone is 1. The van der Waals surface area contributed by atoms with Gasteiger partial charge in [-0.2, -0.15) is 15.1 Å². The summed E-state index contributed by atoms with van der Waals surface area (Å²) < 4.78 is 35.7. The number of fused-ring (bicyclic) bond motifs is 1. The van der Waals surface area contributed by atoms with Crippen LogP contribution in [-0.2, 0) is 0 Å². The fourth-order valence-electron chi connectivity index (χ4n) is 4.33. The average molecular weight is 511 g/mol. The van der Waals surface area contributed by atoms with Crippen molar-refractivity contribution < 1.29 is 18.6 Å². The Morgan fingerprint density at radius 3 is 2.68 bits per heavy atom. The number of hydrogen-bond donors (Lipinski definition) is 4. The molecule has 1 aromatic carbocycles. The van der Waals surface area contributed by atoms with E-state index in [1.165, 1.54) is 6.07 Å². The molecule has 3 aromatic heterocycles. The summed E-state index contributed by atoms with van der Waals surface area (Å²) in [4.78, 5) is 15.9. The minimum Gasteiger partial charge on any atom is -0.418 e. The Morgan fingerprint density at radius 2 is 1.92 bits per heavy atom. The van der Waals surface area contributed by atoms with Crippen LogP contribution in [-0.4, -0.2) is 74.5 Å². The van der Waals surface area contributed by atoms with Gasteiger partial charge in [-0.1, -0.05) is 6.08 Å². The monoisotopic (exact) mass is 510 g/mol. The van der Waals surface area contributed by atoms with Crippen LogP contribution in [0.5, 0.6) is 11.8 Å². The van der Waals surface area contributed by atoms with Gasteiger partial charge in [0.15, 0.2) is 17.5 Å². The van der Waals surface area contributed by atoms with Crippen molar-refractivity contribution in [3.05, 3.63) is 53.4 Å². The van der Waals surface area contributed by atoms with Crippen molar-refractivity contribution in [3.63, 3.8) is 0 Å². The number of anilines is 3. The fourth-order valence-corrected chi connectivity index (χ4v) is 4.33. The van der Waals surface area contributed by atoms with E-state index in [2.05, 4.69) is 35.4 Å². The van der Waals surface area contributed by atoms with E-state index in [0.717, 1.165) is 18.8 Å². The molecule has 1 aliphatic rings. The number of ether oxygens (including phenoxy) is 1. The molecule has 1 saturated heterocycles. The third-order valence-corrected chi connectivity index (χ3v) is 6.10. The summed E-state index contributed by atoms with van der Waals surface area (Å²) in [5, 5.41) is 19.7. The van der Waals surface area contributed by atoms with Gasteiger partial charge in [0.25, 0.3) is 0 Å². The van der Waals surface area contributed by atoms with Gasteiger partial charge in [-0.3, -0.25) is 10.00 Å². The average Bonchev–Trinajstić information content (AvgIpc) is 3.48. The van der Waals surface area contributed by atoms with Crippen LogP contribution in [0.25, 0.3) is 17.0 Å². The molecule has 0 unspecified atom stereocenters. The van der Waals surface area contributed by atoms with Crippen molar-refractivity contribution in [1.82, 2.24) is 30.0 Å². The molecule has 0 spiro atoms. The Labute approximate surface area is 212 Å². The van der Waals surface area contributed by atoms with E-state index in [1.807, 2.05) is 24.0 Å². The highest BCUT2D eigenvalue weighted by atomic mass is 19.1. The van der Waals surface area contributed by atoms with Crippen LogP contribution in [0.3, 0.4) is 0 Å². The second kappa shape index (κ2) is 10.5. The van der Waals surface area contributed by atoms with Crippen molar-refractivity contribution >= 4 is 34.4 Å². The molecule has 37 heavy (non-hydrogen) atoms. The number of H-pyrrole nitrogens is 2. The van der Waals surface area contributed by atoms with Crippen LogP contribution in [0, 0.1) is 18.6 Å². The zero-order valence-electron chi connectivity index (χ0n) is 20.6. The molecule has 0 radical (unpaired) electrons. The van der Waals surface area contributed by atoms with Gasteiger partial charge in [0.05, 0.1) is 17.8 Å². The summed E-state index contributed by atoms with van der Waals surface area (Å²) in [7, 11) is 0. The maximum atomic E-state index is 15.2. The van der Waals surface area contributed by atoms with Gasteiger partial charge < -0.3 is 25.0 Å². The smallest absolute Gasteiger partial charge is 0.326 e. The summed E-state index contributed by atoms with van der Waals surface area (Å²) in [6.07, 6.45) is 3.75. The number of nitrogens with one attached hydrogen (secondary N) is 3. The Morgan fingerprint density at radius 1 is 1.11 bits per heavy atom. The molecule has 1 aliphatic heterocycles. The van der Waals surface area contributed by atoms with Gasteiger partial charge in [-0.25, -0.2) is 8.78 Å². The van der Waals surface area contributed by atoms with Gasteiger partial charge in [0.2, 0.25) is 5.75 Å². The molecule has 4 N–H and O–H groups in total. The number of halogens is 2. The summed E-state index contributed by atoms with van der Waals surface area (Å²) in [6, 6.07) is 6.12. The maximum absolute atomic E-state index is 15.2. The molecular formula is C25H28F2N8O2. The lowest BCUT2D eigenvalue weighted by Crippen LogP contribution is -2.47. The zero-order valence-corrected chi connectivity index (χ0v) is 20.6. The number of aromatic amines is 2. The number of β-amino-alcohol motifs (C(OH)–C–C–N with tert-alkyl or cyclic N) is 1. The predicted molar refractivity (Wildman–Crippen MR) is 137 cm³/mol. The number of aromatic nitrogens is 5. The predicted octanol–water partition coefficient (Wildman–Crippen LogP) is 3.95. The van der Waals surface area contributed by atoms with Crippen LogP contribution in [0.2, 0.25) is 0 Å². The topological polar surface area (TPSA) is 118 Å². The zero-order chi connectivity index (χ0) is 25.9. The highest BCUT2D eigenvalue weighted by Crippen LogP contribution is 2.34. The minimum atomic E-state index is -0.865. The van der Waals surface area contributed by atoms with Crippen LogP contribution in [0.1, 0.15) is 18.3 Å². The molecule has 0 atom stereocenters. The van der Waals surface area contributed by atoms with Crippen molar-refractivity contribution in [3.8, 4) is 11.8 Å². The Bertz CT molecular complexity index is 1430. The summed E-state index contributed by atoms with van der Waals surface area (Å²) in [5.74, 6) is -0.856. The van der Waals surface area contributed by atoms with E-state index in [4.69, 9.17) is 4.74 Å². The Hall–Kier alpha value is -4.03. The number of benzene rings is 1. The molecule has 0 amide bonds. The third kappa shape index (κ3) is 5.39. The summed E-state index contributed by atoms with van der Waals surface area (Å²) in [6.45, 7) is 7.15. The second-order valence-electron chi connectivity index (χ2n) is 8.80. The molecule has 194 valence electrons. The molecule has 0 saturated carbocycles. The first kappa shape index (κ1) is 24.7. The lowest BCUT2D eigenvalue weighted by Gasteiger charge is -2.35. The Balaban J connectivity index is 1.48. The highest BCUT2D eigenvalue weighted by molar-refractivity contribution is 5.83. The van der Waals surface area contributed by atoms with Crippen LogP contribution in [0.4, 0.5) is 26.2 Å². The molecular weight excluding hydrogens is 482 g/mol. The first-order valence-corrected chi connectivity index (χ1v) is 12.0. The third-order valence-electron chi connectivity index (χ3n) is 6.10. The van der Waals surface area contributed by atoms with Gasteiger partial charge in [-0.15, -0.1) is 0 Å². The van der Waals surface area contributed by atoms with Gasteiger partial charge in [0.1, 0.15) is 11.6 Å².